The molecule has 0 aliphatic carbocycles. The third-order valence-corrected chi connectivity index (χ3v) is 3.96. The molecule has 8 heteroatoms. The van der Waals surface area contributed by atoms with E-state index in [4.69, 9.17) is 0 Å². The molecule has 1 aliphatic rings. The predicted molar refractivity (Wildman–Crippen MR) is 76.4 cm³/mol. The summed E-state index contributed by atoms with van der Waals surface area (Å²) in [5.41, 5.74) is 0.476. The van der Waals surface area contributed by atoms with E-state index in [9.17, 15) is 20.0 Å². The maximum atomic E-state index is 11.4. The van der Waals surface area contributed by atoms with Crippen LogP contribution in [0.1, 0.15) is 26.0 Å². The minimum Gasteiger partial charge on any atom is -0.481 e. The molecule has 1 N–H and O–H groups in total. The first kappa shape index (κ1) is 15.3. The van der Waals surface area contributed by atoms with E-state index in [0.29, 0.717) is 24.5 Å². The molecule has 1 aromatic heterocycles. The molecule has 0 aromatic carbocycles. The minimum atomic E-state index is -0.858. The fraction of sp³-hybridized carbons (Fsp3) is 0.692. The zero-order valence-electron chi connectivity index (χ0n) is 12.4. The van der Waals surface area contributed by atoms with Crippen molar-refractivity contribution < 1.29 is 14.8 Å². The molecule has 116 valence electrons. The molecule has 1 aliphatic heterocycles. The maximum Gasteiger partial charge on any atom is 0.334 e. The van der Waals surface area contributed by atoms with Gasteiger partial charge in [0.2, 0.25) is 5.82 Å². The highest BCUT2D eigenvalue weighted by Gasteiger charge is 2.40. The van der Waals surface area contributed by atoms with Gasteiger partial charge in [-0.2, -0.15) is 5.10 Å². The number of carboxylic acid groups (broad SMARTS) is 1. The number of hydrogen-bond donors (Lipinski definition) is 1. The van der Waals surface area contributed by atoms with Gasteiger partial charge in [-0.3, -0.25) is 14.9 Å². The lowest BCUT2D eigenvalue weighted by molar-refractivity contribution is -0.384. The number of aryl methyl sites for hydroxylation is 2. The van der Waals surface area contributed by atoms with Crippen molar-refractivity contribution in [2.75, 3.05) is 18.0 Å². The summed E-state index contributed by atoms with van der Waals surface area (Å²) in [7, 11) is 1.67. The second kappa shape index (κ2) is 5.71. The lowest BCUT2D eigenvalue weighted by Crippen LogP contribution is -2.25. The van der Waals surface area contributed by atoms with Crippen LogP contribution in [0.3, 0.4) is 0 Å². The Balaban J connectivity index is 2.40. The molecule has 2 heterocycles. The molecule has 0 bridgehead atoms. The quantitative estimate of drug-likeness (QED) is 0.651. The Kier molecular flexibility index (Phi) is 4.15. The van der Waals surface area contributed by atoms with Gasteiger partial charge in [-0.1, -0.05) is 20.3 Å². The van der Waals surface area contributed by atoms with Crippen molar-refractivity contribution >= 4 is 17.5 Å². The molecule has 2 rings (SSSR count). The first-order chi connectivity index (χ1) is 9.86. The molecule has 0 radical (unpaired) electrons. The monoisotopic (exact) mass is 296 g/mol. The van der Waals surface area contributed by atoms with Gasteiger partial charge in [0.25, 0.3) is 0 Å². The molecule has 0 saturated carbocycles. The van der Waals surface area contributed by atoms with Crippen LogP contribution in [0.4, 0.5) is 11.5 Å². The molecule has 1 fully saturated rings. The van der Waals surface area contributed by atoms with Crippen LogP contribution in [0.15, 0.2) is 0 Å². The number of nitro groups is 1. The SMILES string of the molecule is CCCc1nn(C)c(N2C[C@@H](C)[C@H](C(=O)O)C2)c1[N+](=O)[O-]. The van der Waals surface area contributed by atoms with Crippen LogP contribution in [-0.4, -0.2) is 38.9 Å². The molecule has 0 amide bonds. The van der Waals surface area contributed by atoms with Gasteiger partial charge < -0.3 is 10.0 Å². The topological polar surface area (TPSA) is 102 Å². The molecular formula is C13H20N4O4. The van der Waals surface area contributed by atoms with Crippen molar-refractivity contribution in [1.29, 1.82) is 0 Å². The third-order valence-electron chi connectivity index (χ3n) is 3.96. The van der Waals surface area contributed by atoms with Crippen molar-refractivity contribution in [2.45, 2.75) is 26.7 Å². The summed E-state index contributed by atoms with van der Waals surface area (Å²) in [6.07, 6.45) is 1.31. The molecule has 0 spiro atoms. The van der Waals surface area contributed by atoms with Gasteiger partial charge in [0.15, 0.2) is 0 Å². The van der Waals surface area contributed by atoms with Crippen molar-refractivity contribution in [1.82, 2.24) is 9.78 Å². The molecule has 8 nitrogen and oxygen atoms in total. The minimum absolute atomic E-state index is 0.0117. The van der Waals surface area contributed by atoms with E-state index in [1.807, 2.05) is 13.8 Å². The summed E-state index contributed by atoms with van der Waals surface area (Å²) in [5, 5.41) is 24.8. The lowest BCUT2D eigenvalue weighted by Gasteiger charge is -2.17. The zero-order chi connectivity index (χ0) is 15.7. The Morgan fingerprint density at radius 3 is 2.67 bits per heavy atom. The number of anilines is 1. The second-order valence-electron chi connectivity index (χ2n) is 5.58. The first-order valence-electron chi connectivity index (χ1n) is 7.04. The van der Waals surface area contributed by atoms with Crippen molar-refractivity contribution in [3.8, 4) is 0 Å². The summed E-state index contributed by atoms with van der Waals surface area (Å²) in [6.45, 7) is 4.57. The zero-order valence-corrected chi connectivity index (χ0v) is 12.4. The summed E-state index contributed by atoms with van der Waals surface area (Å²) in [4.78, 5) is 24.0. The van der Waals surface area contributed by atoms with Gasteiger partial charge in [-0.05, 0) is 12.3 Å². The highest BCUT2D eigenvalue weighted by molar-refractivity contribution is 5.73. The third kappa shape index (κ3) is 2.70. The van der Waals surface area contributed by atoms with Gasteiger partial charge in [-0.25, -0.2) is 4.68 Å². The van der Waals surface area contributed by atoms with Gasteiger partial charge in [-0.15, -0.1) is 0 Å². The summed E-state index contributed by atoms with van der Waals surface area (Å²) in [5.74, 6) is -0.997. The highest BCUT2D eigenvalue weighted by atomic mass is 16.6. The smallest absolute Gasteiger partial charge is 0.334 e. The lowest BCUT2D eigenvalue weighted by atomic mass is 9.99. The van der Waals surface area contributed by atoms with E-state index in [1.54, 1.807) is 11.9 Å². The molecule has 1 aromatic rings. The van der Waals surface area contributed by atoms with E-state index in [1.165, 1.54) is 4.68 Å². The van der Waals surface area contributed by atoms with Crippen LogP contribution in [0.5, 0.6) is 0 Å². The van der Waals surface area contributed by atoms with Crippen LogP contribution in [0, 0.1) is 22.0 Å². The van der Waals surface area contributed by atoms with E-state index in [2.05, 4.69) is 5.10 Å². The normalized spacial score (nSPS) is 21.8. The molecule has 2 atom stereocenters. The number of hydrogen-bond acceptors (Lipinski definition) is 5. The second-order valence-corrected chi connectivity index (χ2v) is 5.58. The summed E-state index contributed by atoms with van der Waals surface area (Å²) in [6, 6.07) is 0. The number of carboxylic acids is 1. The predicted octanol–water partition coefficient (Wildman–Crippen LogP) is 1.44. The average Bonchev–Trinajstić information content (AvgIpc) is 2.90. The molecule has 1 saturated heterocycles. The largest absolute Gasteiger partial charge is 0.481 e. The number of aliphatic carboxylic acids is 1. The highest BCUT2D eigenvalue weighted by Crippen LogP contribution is 2.36. The Bertz CT molecular complexity index is 569. The van der Waals surface area contributed by atoms with E-state index in [0.717, 1.165) is 6.42 Å². The molecular weight excluding hydrogens is 276 g/mol. The fourth-order valence-corrected chi connectivity index (χ4v) is 2.97. The number of carbonyl (C=O) groups is 1. The van der Waals surface area contributed by atoms with Crippen molar-refractivity contribution in [3.05, 3.63) is 15.8 Å². The van der Waals surface area contributed by atoms with Crippen molar-refractivity contribution in [2.24, 2.45) is 18.9 Å². The Hall–Kier alpha value is -2.12. The number of nitrogens with zero attached hydrogens (tertiary/aromatic N) is 4. The van der Waals surface area contributed by atoms with E-state index in [-0.39, 0.29) is 18.2 Å². The standard InChI is InChI=1S/C13H20N4O4/c1-4-5-10-11(17(20)21)12(15(3)14-10)16-6-8(2)9(7-16)13(18)19/h8-9H,4-7H2,1-3H3,(H,18,19)/t8-,9-/m1/s1. The van der Waals surface area contributed by atoms with Crippen molar-refractivity contribution in [3.63, 3.8) is 0 Å². The van der Waals surface area contributed by atoms with E-state index < -0.39 is 16.8 Å². The molecule has 21 heavy (non-hydrogen) atoms. The van der Waals surface area contributed by atoms with Crippen LogP contribution in [0.2, 0.25) is 0 Å². The van der Waals surface area contributed by atoms with Gasteiger partial charge in [0.05, 0.1) is 10.8 Å². The summed E-state index contributed by atoms with van der Waals surface area (Å²) >= 11 is 0. The number of aromatic nitrogens is 2. The summed E-state index contributed by atoms with van der Waals surface area (Å²) < 4.78 is 1.50. The van der Waals surface area contributed by atoms with E-state index >= 15 is 0 Å². The Morgan fingerprint density at radius 1 is 1.52 bits per heavy atom. The first-order valence-corrected chi connectivity index (χ1v) is 7.04. The average molecular weight is 296 g/mol. The van der Waals surface area contributed by atoms with Gasteiger partial charge in [0.1, 0.15) is 5.69 Å². The Morgan fingerprint density at radius 2 is 2.19 bits per heavy atom. The van der Waals surface area contributed by atoms with Crippen LogP contribution in [-0.2, 0) is 18.3 Å². The van der Waals surface area contributed by atoms with Gasteiger partial charge >= 0.3 is 11.7 Å². The fourth-order valence-electron chi connectivity index (χ4n) is 2.97. The maximum absolute atomic E-state index is 11.4. The number of rotatable bonds is 5. The molecule has 0 unspecified atom stereocenters. The van der Waals surface area contributed by atoms with Crippen LogP contribution < -0.4 is 4.90 Å². The Labute approximate surface area is 122 Å². The van der Waals surface area contributed by atoms with Crippen LogP contribution >= 0.6 is 0 Å². The van der Waals surface area contributed by atoms with Gasteiger partial charge in [0, 0.05) is 20.1 Å². The van der Waals surface area contributed by atoms with Crippen LogP contribution in [0.25, 0.3) is 0 Å².